The Labute approximate surface area is 203 Å². The van der Waals surface area contributed by atoms with Gasteiger partial charge in [0.05, 0.1) is 23.8 Å². The lowest BCUT2D eigenvalue weighted by Gasteiger charge is -2.18. The molecule has 0 saturated heterocycles. The summed E-state index contributed by atoms with van der Waals surface area (Å²) in [6.07, 6.45) is 3.94. The highest BCUT2D eigenvalue weighted by atomic mass is 15.5. The van der Waals surface area contributed by atoms with Crippen LogP contribution in [0.1, 0.15) is 101 Å². The molecule has 0 saturated carbocycles. The number of hydrogen-bond acceptors (Lipinski definition) is 4. The highest BCUT2D eigenvalue weighted by molar-refractivity contribution is 5.57. The summed E-state index contributed by atoms with van der Waals surface area (Å²) < 4.78 is 3.81. The third kappa shape index (κ3) is 4.41. The topological polar surface area (TPSA) is 61.4 Å². The number of para-hydroxylation sites is 2. The smallest absolute Gasteiger partial charge is 0.135 e. The zero-order valence-electron chi connectivity index (χ0n) is 21.6. The second kappa shape index (κ2) is 9.53. The van der Waals surface area contributed by atoms with Crippen LogP contribution in [0.2, 0.25) is 0 Å². The molecule has 0 atom stereocenters. The fourth-order valence-electron chi connectivity index (χ4n) is 4.53. The van der Waals surface area contributed by atoms with Crippen LogP contribution in [0, 0.1) is 0 Å². The van der Waals surface area contributed by atoms with E-state index in [1.165, 1.54) is 22.3 Å². The molecule has 0 bridgehead atoms. The van der Waals surface area contributed by atoms with Gasteiger partial charge in [-0.05, 0) is 45.9 Å². The molecule has 0 amide bonds. The van der Waals surface area contributed by atoms with Crippen LogP contribution in [0.5, 0.6) is 0 Å². The van der Waals surface area contributed by atoms with Gasteiger partial charge in [-0.1, -0.05) is 102 Å². The van der Waals surface area contributed by atoms with Gasteiger partial charge in [0.25, 0.3) is 0 Å². The van der Waals surface area contributed by atoms with Gasteiger partial charge in [0.15, 0.2) is 0 Å². The zero-order chi connectivity index (χ0) is 24.6. The molecule has 0 aliphatic carbocycles. The summed E-state index contributed by atoms with van der Waals surface area (Å²) in [5.41, 5.74) is 8.71. The molecule has 4 aromatic rings. The van der Waals surface area contributed by atoms with Gasteiger partial charge in [0, 0.05) is 0 Å². The maximum absolute atomic E-state index is 4.51. The average molecular weight is 457 g/mol. The predicted molar refractivity (Wildman–Crippen MR) is 138 cm³/mol. The Hall–Kier alpha value is -3.28. The van der Waals surface area contributed by atoms with Crippen LogP contribution in [0.4, 0.5) is 0 Å². The molecule has 2 heterocycles. The second-order valence-electron chi connectivity index (χ2n) is 10.3. The highest BCUT2D eigenvalue weighted by Crippen LogP contribution is 2.33. The van der Waals surface area contributed by atoms with Gasteiger partial charge in [-0.3, -0.25) is 0 Å². The van der Waals surface area contributed by atoms with Crippen LogP contribution in [0.25, 0.3) is 22.8 Å². The minimum absolute atomic E-state index is 0.379. The molecule has 2 aromatic heterocycles. The summed E-state index contributed by atoms with van der Waals surface area (Å²) in [6, 6.07) is 13.0. The molecule has 0 spiro atoms. The van der Waals surface area contributed by atoms with E-state index in [2.05, 4.69) is 112 Å². The summed E-state index contributed by atoms with van der Waals surface area (Å²) in [5, 5.41) is 18.0. The average Bonchev–Trinajstić information content (AvgIpc) is 3.47. The summed E-state index contributed by atoms with van der Waals surface area (Å²) >= 11 is 0. The van der Waals surface area contributed by atoms with Crippen molar-refractivity contribution < 1.29 is 0 Å². The molecule has 4 rings (SSSR count). The van der Waals surface area contributed by atoms with Crippen molar-refractivity contribution in [3.8, 4) is 22.8 Å². The fraction of sp³-hybridized carbons (Fsp3) is 0.429. The van der Waals surface area contributed by atoms with Gasteiger partial charge in [-0.25, -0.2) is 9.36 Å². The third-order valence-electron chi connectivity index (χ3n) is 6.39. The maximum Gasteiger partial charge on any atom is 0.135 e. The summed E-state index contributed by atoms with van der Waals surface area (Å²) in [7, 11) is 0. The van der Waals surface area contributed by atoms with Gasteiger partial charge in [-0.2, -0.15) is 0 Å². The number of aromatic nitrogens is 6. The SMILES string of the molecule is CC(C)c1cccc(C(C)C)c1-n1cc(-c2cn(-c3c(C(C)C)cccc3C(C)C)nn2)nn1. The fourth-order valence-corrected chi connectivity index (χ4v) is 4.53. The van der Waals surface area contributed by atoms with Gasteiger partial charge in [0.1, 0.15) is 11.4 Å². The van der Waals surface area contributed by atoms with Gasteiger partial charge >= 0.3 is 0 Å². The Kier molecular flexibility index (Phi) is 6.69. The van der Waals surface area contributed by atoms with Crippen molar-refractivity contribution in [1.82, 2.24) is 30.0 Å². The van der Waals surface area contributed by atoms with Crippen LogP contribution < -0.4 is 0 Å². The normalized spacial score (nSPS) is 12.0. The molecular formula is C28H36N6. The second-order valence-corrected chi connectivity index (χ2v) is 10.3. The van der Waals surface area contributed by atoms with Crippen LogP contribution in [0.3, 0.4) is 0 Å². The summed E-state index contributed by atoms with van der Waals surface area (Å²) in [5.74, 6) is 1.52. The van der Waals surface area contributed by atoms with Crippen molar-refractivity contribution >= 4 is 0 Å². The van der Waals surface area contributed by atoms with Gasteiger partial charge < -0.3 is 0 Å². The van der Waals surface area contributed by atoms with Crippen molar-refractivity contribution in [2.75, 3.05) is 0 Å². The van der Waals surface area contributed by atoms with E-state index in [1.54, 1.807) is 0 Å². The third-order valence-corrected chi connectivity index (χ3v) is 6.39. The molecule has 2 aromatic carbocycles. The standard InChI is InChI=1S/C28H36N6/c1-17(2)21-11-9-12-22(18(3)4)27(21)33-15-25(29-31-33)26-16-34(32-30-26)28-23(19(5)6)13-10-14-24(28)20(7)8/h9-20H,1-8H3. The largest absolute Gasteiger partial charge is 0.219 e. The minimum Gasteiger partial charge on any atom is -0.219 e. The van der Waals surface area contributed by atoms with E-state index < -0.39 is 0 Å². The molecule has 0 aliphatic heterocycles. The Bertz CT molecular complexity index is 1120. The molecule has 0 aliphatic rings. The molecule has 0 fully saturated rings. The van der Waals surface area contributed by atoms with Gasteiger partial charge in [0.2, 0.25) is 0 Å². The maximum atomic E-state index is 4.51. The zero-order valence-corrected chi connectivity index (χ0v) is 21.6. The van der Waals surface area contributed by atoms with Crippen LogP contribution in [0.15, 0.2) is 48.8 Å². The quantitative estimate of drug-likeness (QED) is 0.300. The van der Waals surface area contributed by atoms with Crippen molar-refractivity contribution in [1.29, 1.82) is 0 Å². The van der Waals surface area contributed by atoms with E-state index in [1.807, 2.05) is 21.8 Å². The van der Waals surface area contributed by atoms with Crippen molar-refractivity contribution in [2.24, 2.45) is 0 Å². The van der Waals surface area contributed by atoms with E-state index in [4.69, 9.17) is 0 Å². The first-order valence-corrected chi connectivity index (χ1v) is 12.3. The van der Waals surface area contributed by atoms with E-state index in [9.17, 15) is 0 Å². The van der Waals surface area contributed by atoms with Crippen LogP contribution in [-0.4, -0.2) is 30.0 Å². The highest BCUT2D eigenvalue weighted by Gasteiger charge is 2.20. The van der Waals surface area contributed by atoms with E-state index in [-0.39, 0.29) is 0 Å². The van der Waals surface area contributed by atoms with E-state index in [0.29, 0.717) is 35.1 Å². The molecule has 6 heteroatoms. The molecule has 0 unspecified atom stereocenters. The Morgan fingerprint density at radius 1 is 0.500 bits per heavy atom. The number of hydrogen-bond donors (Lipinski definition) is 0. The lowest BCUT2D eigenvalue weighted by atomic mass is 9.92. The Morgan fingerprint density at radius 2 is 0.794 bits per heavy atom. The monoisotopic (exact) mass is 456 g/mol. The van der Waals surface area contributed by atoms with Gasteiger partial charge in [-0.15, -0.1) is 10.2 Å². The Balaban J connectivity index is 1.79. The van der Waals surface area contributed by atoms with E-state index >= 15 is 0 Å². The van der Waals surface area contributed by atoms with E-state index in [0.717, 1.165) is 11.4 Å². The molecule has 178 valence electrons. The first-order chi connectivity index (χ1) is 16.2. The number of benzene rings is 2. The van der Waals surface area contributed by atoms with Crippen LogP contribution >= 0.6 is 0 Å². The summed E-state index contributed by atoms with van der Waals surface area (Å²) in [6.45, 7) is 17.7. The number of nitrogens with zero attached hydrogens (tertiary/aromatic N) is 6. The van der Waals surface area contributed by atoms with Crippen molar-refractivity contribution in [3.05, 3.63) is 71.0 Å². The molecule has 6 nitrogen and oxygen atoms in total. The minimum atomic E-state index is 0.379. The Morgan fingerprint density at radius 3 is 1.06 bits per heavy atom. The molecule has 0 radical (unpaired) electrons. The first-order valence-electron chi connectivity index (χ1n) is 12.3. The molecule has 0 N–H and O–H groups in total. The van der Waals surface area contributed by atoms with Crippen molar-refractivity contribution in [2.45, 2.75) is 79.1 Å². The van der Waals surface area contributed by atoms with Crippen LogP contribution in [-0.2, 0) is 0 Å². The number of rotatable bonds is 7. The molecule has 34 heavy (non-hydrogen) atoms. The van der Waals surface area contributed by atoms with Crippen molar-refractivity contribution in [3.63, 3.8) is 0 Å². The summed E-state index contributed by atoms with van der Waals surface area (Å²) in [4.78, 5) is 0. The molecular weight excluding hydrogens is 420 g/mol. The lowest BCUT2D eigenvalue weighted by molar-refractivity contribution is 0.741. The first kappa shape index (κ1) is 23.9. The predicted octanol–water partition coefficient (Wildman–Crippen LogP) is 7.01. The lowest BCUT2D eigenvalue weighted by Crippen LogP contribution is -2.07.